The van der Waals surface area contributed by atoms with Crippen LogP contribution in [-0.2, 0) is 0 Å². The Balaban J connectivity index is 2.24. The summed E-state index contributed by atoms with van der Waals surface area (Å²) in [4.78, 5) is 11.0. The van der Waals surface area contributed by atoms with Crippen LogP contribution in [0.2, 0.25) is 0 Å². The lowest BCUT2D eigenvalue weighted by Crippen LogP contribution is -2.39. The summed E-state index contributed by atoms with van der Waals surface area (Å²) in [6, 6.07) is 2.59. The molecule has 0 bridgehead atoms. The molecule has 1 aromatic heterocycles. The zero-order valence-corrected chi connectivity index (χ0v) is 11.3. The fourth-order valence-electron chi connectivity index (χ4n) is 2.60. The first-order valence-electron chi connectivity index (χ1n) is 6.89. The maximum Gasteiger partial charge on any atom is 0.223 e. The van der Waals surface area contributed by atoms with Crippen LogP contribution in [0.3, 0.4) is 0 Å². The van der Waals surface area contributed by atoms with Crippen molar-refractivity contribution >= 4 is 17.6 Å². The van der Waals surface area contributed by atoms with Crippen LogP contribution in [0.1, 0.15) is 39.5 Å². The van der Waals surface area contributed by atoms with E-state index < -0.39 is 0 Å². The van der Waals surface area contributed by atoms with Crippen molar-refractivity contribution in [2.75, 3.05) is 29.0 Å². The Morgan fingerprint density at radius 1 is 1.39 bits per heavy atom. The van der Waals surface area contributed by atoms with Gasteiger partial charge in [-0.05, 0) is 32.6 Å². The van der Waals surface area contributed by atoms with Crippen molar-refractivity contribution < 1.29 is 0 Å². The topological polar surface area (TPSA) is 67.1 Å². The van der Waals surface area contributed by atoms with Crippen molar-refractivity contribution in [3.8, 4) is 0 Å². The van der Waals surface area contributed by atoms with E-state index in [1.165, 1.54) is 19.3 Å². The number of nitrogens with zero attached hydrogens (tertiary/aromatic N) is 3. The highest BCUT2D eigenvalue weighted by Crippen LogP contribution is 2.26. The molecule has 1 atom stereocenters. The Morgan fingerprint density at radius 3 is 2.94 bits per heavy atom. The van der Waals surface area contributed by atoms with Crippen molar-refractivity contribution in [1.82, 2.24) is 9.97 Å². The minimum Gasteiger partial charge on any atom is -0.370 e. The summed E-state index contributed by atoms with van der Waals surface area (Å²) < 4.78 is 0. The van der Waals surface area contributed by atoms with E-state index in [4.69, 9.17) is 5.73 Å². The first-order chi connectivity index (χ1) is 8.74. The second-order valence-electron chi connectivity index (χ2n) is 4.75. The molecule has 5 nitrogen and oxygen atoms in total. The highest BCUT2D eigenvalue weighted by atomic mass is 15.2. The monoisotopic (exact) mass is 249 g/mol. The van der Waals surface area contributed by atoms with E-state index in [-0.39, 0.29) is 0 Å². The summed E-state index contributed by atoms with van der Waals surface area (Å²) in [5.41, 5.74) is 5.79. The molecule has 1 aromatic rings. The maximum atomic E-state index is 5.79. The van der Waals surface area contributed by atoms with E-state index in [0.717, 1.165) is 31.1 Å². The lowest BCUT2D eigenvalue weighted by Gasteiger charge is -2.36. The van der Waals surface area contributed by atoms with Crippen LogP contribution in [-0.4, -0.2) is 29.1 Å². The van der Waals surface area contributed by atoms with Crippen molar-refractivity contribution in [3.05, 3.63) is 6.07 Å². The summed E-state index contributed by atoms with van der Waals surface area (Å²) in [6.07, 6.45) is 4.95. The Labute approximate surface area is 109 Å². The van der Waals surface area contributed by atoms with E-state index in [2.05, 4.69) is 27.1 Å². The number of anilines is 3. The smallest absolute Gasteiger partial charge is 0.223 e. The molecule has 1 aliphatic heterocycles. The molecule has 0 spiro atoms. The van der Waals surface area contributed by atoms with Crippen LogP contribution in [0.5, 0.6) is 0 Å². The molecular weight excluding hydrogens is 226 g/mol. The molecular formula is C13H23N5. The van der Waals surface area contributed by atoms with Gasteiger partial charge in [-0.3, -0.25) is 0 Å². The predicted octanol–water partition coefficient (Wildman–Crippen LogP) is 2.26. The average Bonchev–Trinajstić information content (AvgIpc) is 2.38. The highest BCUT2D eigenvalue weighted by molar-refractivity contribution is 5.53. The van der Waals surface area contributed by atoms with Gasteiger partial charge in [-0.25, -0.2) is 0 Å². The second-order valence-corrected chi connectivity index (χ2v) is 4.75. The number of hydrogen-bond donors (Lipinski definition) is 2. The molecule has 1 fully saturated rings. The summed E-state index contributed by atoms with van der Waals surface area (Å²) >= 11 is 0. The number of rotatable bonds is 4. The Kier molecular flexibility index (Phi) is 4.23. The van der Waals surface area contributed by atoms with Crippen LogP contribution >= 0.6 is 0 Å². The summed E-state index contributed by atoms with van der Waals surface area (Å²) in [5, 5.41) is 3.20. The van der Waals surface area contributed by atoms with E-state index in [1.807, 2.05) is 13.0 Å². The molecule has 100 valence electrons. The zero-order valence-electron chi connectivity index (χ0n) is 11.3. The molecule has 0 amide bonds. The van der Waals surface area contributed by atoms with Crippen LogP contribution in [0.15, 0.2) is 6.07 Å². The third kappa shape index (κ3) is 2.83. The normalized spacial score (nSPS) is 19.9. The van der Waals surface area contributed by atoms with Crippen LogP contribution in [0.25, 0.3) is 0 Å². The molecule has 0 aliphatic carbocycles. The molecule has 0 aromatic carbocycles. The van der Waals surface area contributed by atoms with Gasteiger partial charge in [0, 0.05) is 25.2 Å². The summed E-state index contributed by atoms with van der Waals surface area (Å²) in [7, 11) is 0. The van der Waals surface area contributed by atoms with E-state index >= 15 is 0 Å². The summed E-state index contributed by atoms with van der Waals surface area (Å²) in [5.74, 6) is 2.13. The number of nitrogens with two attached hydrogens (primary N) is 1. The lowest BCUT2D eigenvalue weighted by atomic mass is 10.0. The van der Waals surface area contributed by atoms with Gasteiger partial charge >= 0.3 is 0 Å². The van der Waals surface area contributed by atoms with Gasteiger partial charge in [0.1, 0.15) is 11.6 Å². The highest BCUT2D eigenvalue weighted by Gasteiger charge is 2.22. The van der Waals surface area contributed by atoms with Crippen molar-refractivity contribution in [2.45, 2.75) is 45.6 Å². The van der Waals surface area contributed by atoms with Gasteiger partial charge in [0.15, 0.2) is 0 Å². The first-order valence-corrected chi connectivity index (χ1v) is 6.89. The van der Waals surface area contributed by atoms with E-state index in [1.54, 1.807) is 0 Å². The van der Waals surface area contributed by atoms with Gasteiger partial charge in [-0.1, -0.05) is 6.92 Å². The number of nitrogen functional groups attached to an aromatic ring is 1. The third-order valence-corrected chi connectivity index (χ3v) is 3.48. The lowest BCUT2D eigenvalue weighted by molar-refractivity contribution is 0.447. The number of hydrogen-bond acceptors (Lipinski definition) is 5. The number of nitrogens with one attached hydrogen (secondary N) is 1. The largest absolute Gasteiger partial charge is 0.370 e. The van der Waals surface area contributed by atoms with Crippen molar-refractivity contribution in [2.24, 2.45) is 0 Å². The quantitative estimate of drug-likeness (QED) is 0.856. The molecule has 1 saturated heterocycles. The Bertz CT molecular complexity index is 393. The molecule has 1 aliphatic rings. The van der Waals surface area contributed by atoms with E-state index in [9.17, 15) is 0 Å². The average molecular weight is 249 g/mol. The standard InChI is InChI=1S/C13H23N5/c1-3-10-7-5-6-8-18(10)12-9-11(15-4-2)16-13(14)17-12/h9-10H,3-8H2,1-2H3,(H3,14,15,16,17). The van der Waals surface area contributed by atoms with Crippen LogP contribution < -0.4 is 16.0 Å². The minimum absolute atomic E-state index is 0.351. The molecule has 2 heterocycles. The van der Waals surface area contributed by atoms with E-state index in [0.29, 0.717) is 12.0 Å². The van der Waals surface area contributed by atoms with Gasteiger partial charge in [0.25, 0.3) is 0 Å². The molecule has 0 radical (unpaired) electrons. The van der Waals surface area contributed by atoms with Crippen LogP contribution in [0.4, 0.5) is 17.6 Å². The Morgan fingerprint density at radius 2 is 2.22 bits per heavy atom. The van der Waals surface area contributed by atoms with Gasteiger partial charge in [0.05, 0.1) is 0 Å². The SMILES string of the molecule is CCNc1cc(N2CCCCC2CC)nc(N)n1. The Hall–Kier alpha value is -1.52. The van der Waals surface area contributed by atoms with Gasteiger partial charge in [-0.15, -0.1) is 0 Å². The fourth-order valence-corrected chi connectivity index (χ4v) is 2.60. The zero-order chi connectivity index (χ0) is 13.0. The minimum atomic E-state index is 0.351. The molecule has 2 rings (SSSR count). The molecule has 5 heteroatoms. The summed E-state index contributed by atoms with van der Waals surface area (Å²) in [6.45, 7) is 6.19. The fraction of sp³-hybridized carbons (Fsp3) is 0.692. The van der Waals surface area contributed by atoms with Crippen LogP contribution in [0, 0.1) is 0 Å². The first kappa shape index (κ1) is 12.9. The van der Waals surface area contributed by atoms with Gasteiger partial charge in [0.2, 0.25) is 5.95 Å². The maximum absolute atomic E-state index is 5.79. The van der Waals surface area contributed by atoms with Gasteiger partial charge in [-0.2, -0.15) is 9.97 Å². The molecule has 18 heavy (non-hydrogen) atoms. The van der Waals surface area contributed by atoms with Gasteiger partial charge < -0.3 is 16.0 Å². The number of aromatic nitrogens is 2. The van der Waals surface area contributed by atoms with Crippen molar-refractivity contribution in [1.29, 1.82) is 0 Å². The molecule has 1 unspecified atom stereocenters. The second kappa shape index (κ2) is 5.89. The predicted molar refractivity (Wildman–Crippen MR) is 75.9 cm³/mol. The molecule has 0 saturated carbocycles. The molecule has 3 N–H and O–H groups in total. The number of piperidine rings is 1. The van der Waals surface area contributed by atoms with Crippen molar-refractivity contribution in [3.63, 3.8) is 0 Å². The third-order valence-electron chi connectivity index (χ3n) is 3.48.